The highest BCUT2D eigenvalue weighted by molar-refractivity contribution is 9.10. The molecule has 0 bridgehead atoms. The Kier molecular flexibility index (Phi) is 10.1. The molecule has 8 heteroatoms. The lowest BCUT2D eigenvalue weighted by Gasteiger charge is -2.31. The maximum absolute atomic E-state index is 13.2. The summed E-state index contributed by atoms with van der Waals surface area (Å²) in [5, 5.41) is 4.10. The minimum atomic E-state index is -0.612. The third-order valence-corrected chi connectivity index (χ3v) is 5.69. The molecular formula is C23H27BrCl2N2O3. The van der Waals surface area contributed by atoms with E-state index < -0.39 is 6.04 Å². The lowest BCUT2D eigenvalue weighted by atomic mass is 10.1. The van der Waals surface area contributed by atoms with E-state index in [1.54, 1.807) is 35.2 Å². The molecule has 0 heterocycles. The summed E-state index contributed by atoms with van der Waals surface area (Å²) in [6.07, 6.45) is 0.480. The molecule has 0 saturated carbocycles. The molecule has 0 aliphatic rings. The van der Waals surface area contributed by atoms with Gasteiger partial charge in [-0.25, -0.2) is 0 Å². The SMILES string of the molecule is CCC(C(=O)NCC(C)C)N(Cc1ccc(Cl)cc1)C(=O)COc1ccc(Cl)cc1Br. The first-order valence-electron chi connectivity index (χ1n) is 10.1. The molecule has 31 heavy (non-hydrogen) atoms. The second kappa shape index (κ2) is 12.3. The third kappa shape index (κ3) is 8.02. The zero-order valence-corrected chi connectivity index (χ0v) is 20.9. The number of halogens is 3. The predicted molar refractivity (Wildman–Crippen MR) is 129 cm³/mol. The van der Waals surface area contributed by atoms with Gasteiger partial charge in [0.25, 0.3) is 5.91 Å². The van der Waals surface area contributed by atoms with Crippen LogP contribution >= 0.6 is 39.1 Å². The Hall–Kier alpha value is -1.76. The number of nitrogens with zero attached hydrogens (tertiary/aromatic N) is 1. The number of hydrogen-bond acceptors (Lipinski definition) is 3. The van der Waals surface area contributed by atoms with Crippen molar-refractivity contribution in [3.8, 4) is 5.75 Å². The molecule has 0 radical (unpaired) electrons. The quantitative estimate of drug-likeness (QED) is 0.428. The number of hydrogen-bond donors (Lipinski definition) is 1. The normalized spacial score (nSPS) is 11.8. The molecule has 0 aliphatic heterocycles. The number of rotatable bonds is 10. The van der Waals surface area contributed by atoms with Crippen molar-refractivity contribution < 1.29 is 14.3 Å². The largest absolute Gasteiger partial charge is 0.483 e. The predicted octanol–water partition coefficient (Wildman–Crippen LogP) is 5.71. The molecule has 1 unspecified atom stereocenters. The number of ether oxygens (including phenoxy) is 1. The highest BCUT2D eigenvalue weighted by Gasteiger charge is 2.29. The van der Waals surface area contributed by atoms with Crippen LogP contribution in [0.25, 0.3) is 0 Å². The van der Waals surface area contributed by atoms with Gasteiger partial charge in [-0.05, 0) is 64.2 Å². The first kappa shape index (κ1) is 25.5. The maximum atomic E-state index is 13.2. The van der Waals surface area contributed by atoms with Gasteiger partial charge >= 0.3 is 0 Å². The summed E-state index contributed by atoms with van der Waals surface area (Å²) in [6.45, 7) is 6.55. The summed E-state index contributed by atoms with van der Waals surface area (Å²) in [5.74, 6) is 0.350. The summed E-state index contributed by atoms with van der Waals surface area (Å²) in [7, 11) is 0. The lowest BCUT2D eigenvalue weighted by Crippen LogP contribution is -2.50. The molecule has 2 rings (SSSR count). The summed E-state index contributed by atoms with van der Waals surface area (Å²) in [6, 6.07) is 11.7. The van der Waals surface area contributed by atoms with Crippen LogP contribution in [-0.4, -0.2) is 35.9 Å². The monoisotopic (exact) mass is 528 g/mol. The smallest absolute Gasteiger partial charge is 0.261 e. The van der Waals surface area contributed by atoms with Crippen LogP contribution in [0.4, 0.5) is 0 Å². The molecule has 2 amide bonds. The Bertz CT molecular complexity index is 891. The van der Waals surface area contributed by atoms with E-state index >= 15 is 0 Å². The number of nitrogens with one attached hydrogen (secondary N) is 1. The Morgan fingerprint density at radius 1 is 1.10 bits per heavy atom. The van der Waals surface area contributed by atoms with Crippen LogP contribution in [0.3, 0.4) is 0 Å². The van der Waals surface area contributed by atoms with Crippen LogP contribution in [0.5, 0.6) is 5.75 Å². The summed E-state index contributed by atoms with van der Waals surface area (Å²) >= 11 is 15.3. The Morgan fingerprint density at radius 2 is 1.74 bits per heavy atom. The average molecular weight is 530 g/mol. The van der Waals surface area contributed by atoms with Crippen LogP contribution in [-0.2, 0) is 16.1 Å². The van der Waals surface area contributed by atoms with E-state index in [9.17, 15) is 9.59 Å². The van der Waals surface area contributed by atoms with Gasteiger partial charge in [-0.3, -0.25) is 9.59 Å². The zero-order chi connectivity index (χ0) is 23.0. The van der Waals surface area contributed by atoms with Gasteiger partial charge in [0.05, 0.1) is 4.47 Å². The van der Waals surface area contributed by atoms with E-state index in [1.165, 1.54) is 0 Å². The second-order valence-corrected chi connectivity index (χ2v) is 9.30. The molecule has 5 nitrogen and oxygen atoms in total. The summed E-state index contributed by atoms with van der Waals surface area (Å²) in [5.41, 5.74) is 0.875. The number of benzene rings is 2. The van der Waals surface area contributed by atoms with Crippen LogP contribution < -0.4 is 10.1 Å². The van der Waals surface area contributed by atoms with Crippen molar-refractivity contribution in [2.45, 2.75) is 39.8 Å². The van der Waals surface area contributed by atoms with Crippen molar-refractivity contribution >= 4 is 50.9 Å². The van der Waals surface area contributed by atoms with Crippen LogP contribution in [0.1, 0.15) is 32.8 Å². The highest BCUT2D eigenvalue weighted by atomic mass is 79.9. The van der Waals surface area contributed by atoms with Gasteiger partial charge in [-0.1, -0.05) is 56.1 Å². The van der Waals surface area contributed by atoms with E-state index in [0.717, 1.165) is 5.56 Å². The molecular weight excluding hydrogens is 503 g/mol. The summed E-state index contributed by atoms with van der Waals surface area (Å²) < 4.78 is 6.37. The Morgan fingerprint density at radius 3 is 2.32 bits per heavy atom. The lowest BCUT2D eigenvalue weighted by molar-refractivity contribution is -0.143. The molecule has 1 N–H and O–H groups in total. The van der Waals surface area contributed by atoms with Gasteiger partial charge in [0.15, 0.2) is 6.61 Å². The minimum Gasteiger partial charge on any atom is -0.483 e. The van der Waals surface area contributed by atoms with Crippen LogP contribution in [0.15, 0.2) is 46.9 Å². The van der Waals surface area contributed by atoms with Gasteiger partial charge < -0.3 is 15.0 Å². The van der Waals surface area contributed by atoms with Crippen LogP contribution in [0.2, 0.25) is 10.0 Å². The highest BCUT2D eigenvalue weighted by Crippen LogP contribution is 2.28. The van der Waals surface area contributed by atoms with Crippen molar-refractivity contribution in [2.24, 2.45) is 5.92 Å². The number of carbonyl (C=O) groups excluding carboxylic acids is 2. The van der Waals surface area contributed by atoms with Gasteiger partial charge in [-0.2, -0.15) is 0 Å². The Labute approximate surface area is 202 Å². The molecule has 0 spiro atoms. The van der Waals surface area contributed by atoms with Crippen molar-refractivity contribution in [1.82, 2.24) is 10.2 Å². The first-order chi connectivity index (χ1) is 14.7. The molecule has 2 aromatic rings. The molecule has 0 fully saturated rings. The standard InChI is InChI=1S/C23H27BrCl2N2O3/c1-4-20(23(30)27-12-15(2)3)28(13-16-5-7-17(25)8-6-16)22(29)14-31-21-10-9-18(26)11-19(21)24/h5-11,15,20H,4,12-14H2,1-3H3,(H,27,30). The molecule has 168 valence electrons. The van der Waals surface area contributed by atoms with E-state index in [4.69, 9.17) is 27.9 Å². The number of carbonyl (C=O) groups is 2. The fourth-order valence-electron chi connectivity index (χ4n) is 2.94. The van der Waals surface area contributed by atoms with E-state index in [1.807, 2.05) is 32.9 Å². The topological polar surface area (TPSA) is 58.6 Å². The fourth-order valence-corrected chi connectivity index (χ4v) is 3.87. The van der Waals surface area contributed by atoms with Gasteiger partial charge in [0.2, 0.25) is 5.91 Å². The van der Waals surface area contributed by atoms with Crippen molar-refractivity contribution in [1.29, 1.82) is 0 Å². The van der Waals surface area contributed by atoms with Crippen molar-refractivity contribution in [3.63, 3.8) is 0 Å². The van der Waals surface area contributed by atoms with E-state index in [2.05, 4.69) is 21.2 Å². The minimum absolute atomic E-state index is 0.175. The van der Waals surface area contributed by atoms with E-state index in [-0.39, 0.29) is 25.0 Å². The Balaban J connectivity index is 2.20. The fraction of sp³-hybridized carbons (Fsp3) is 0.391. The second-order valence-electron chi connectivity index (χ2n) is 7.57. The molecule has 0 aromatic heterocycles. The first-order valence-corrected chi connectivity index (χ1v) is 11.7. The van der Waals surface area contributed by atoms with Crippen molar-refractivity contribution in [3.05, 3.63) is 62.5 Å². The summed E-state index contributed by atoms with van der Waals surface area (Å²) in [4.78, 5) is 27.6. The maximum Gasteiger partial charge on any atom is 0.261 e. The van der Waals surface area contributed by atoms with Gasteiger partial charge in [0, 0.05) is 23.1 Å². The third-order valence-electron chi connectivity index (χ3n) is 4.58. The van der Waals surface area contributed by atoms with E-state index in [0.29, 0.717) is 39.2 Å². The van der Waals surface area contributed by atoms with Gasteiger partial charge in [-0.15, -0.1) is 0 Å². The molecule has 2 aromatic carbocycles. The van der Waals surface area contributed by atoms with Crippen LogP contribution in [0, 0.1) is 5.92 Å². The van der Waals surface area contributed by atoms with Crippen molar-refractivity contribution in [2.75, 3.05) is 13.2 Å². The van der Waals surface area contributed by atoms with Gasteiger partial charge in [0.1, 0.15) is 11.8 Å². The average Bonchev–Trinajstić information content (AvgIpc) is 2.72. The molecule has 0 saturated heterocycles. The zero-order valence-electron chi connectivity index (χ0n) is 17.8. The number of amides is 2. The molecule has 1 atom stereocenters. The molecule has 0 aliphatic carbocycles.